The molecule has 1 unspecified atom stereocenters. The van der Waals surface area contributed by atoms with Gasteiger partial charge < -0.3 is 15.7 Å². The predicted octanol–water partition coefficient (Wildman–Crippen LogP) is 2.72. The predicted molar refractivity (Wildman–Crippen MR) is 83.3 cm³/mol. The van der Waals surface area contributed by atoms with Crippen LogP contribution in [0.15, 0.2) is 48.5 Å². The second-order valence-electron chi connectivity index (χ2n) is 5.23. The van der Waals surface area contributed by atoms with Gasteiger partial charge in [-0.25, -0.2) is 0 Å². The maximum absolute atomic E-state index is 12.2. The molecule has 1 aliphatic rings. The molecule has 1 atom stereocenters. The van der Waals surface area contributed by atoms with Gasteiger partial charge >= 0.3 is 0 Å². The minimum atomic E-state index is -0.0791. The van der Waals surface area contributed by atoms with E-state index in [1.807, 2.05) is 42.5 Å². The van der Waals surface area contributed by atoms with E-state index in [9.17, 15) is 9.90 Å². The van der Waals surface area contributed by atoms with Crippen LogP contribution in [0.2, 0.25) is 0 Å². The third-order valence-corrected chi connectivity index (χ3v) is 3.83. The monoisotopic (exact) mass is 282 g/mol. The molecule has 1 heterocycles. The van der Waals surface area contributed by atoms with Crippen LogP contribution in [0.1, 0.15) is 23.5 Å². The number of nitrogens with one attached hydrogen (secondary N) is 2. The van der Waals surface area contributed by atoms with Gasteiger partial charge in [0.1, 0.15) is 0 Å². The van der Waals surface area contributed by atoms with Crippen molar-refractivity contribution in [2.75, 3.05) is 17.2 Å². The summed E-state index contributed by atoms with van der Waals surface area (Å²) in [4.78, 5) is 12.2. The molecule has 4 heteroatoms. The first-order chi connectivity index (χ1) is 10.3. The summed E-state index contributed by atoms with van der Waals surface area (Å²) < 4.78 is 0. The average Bonchev–Trinajstić information content (AvgIpc) is 2.91. The maximum Gasteiger partial charge on any atom is 0.225 e. The molecule has 0 aliphatic carbocycles. The van der Waals surface area contributed by atoms with Crippen molar-refractivity contribution in [2.24, 2.45) is 0 Å². The Morgan fingerprint density at radius 1 is 1.19 bits per heavy atom. The molecule has 2 aromatic carbocycles. The summed E-state index contributed by atoms with van der Waals surface area (Å²) in [5.41, 5.74) is 3.73. The van der Waals surface area contributed by atoms with Gasteiger partial charge in [-0.05, 0) is 17.7 Å². The van der Waals surface area contributed by atoms with Crippen LogP contribution in [0, 0.1) is 0 Å². The maximum atomic E-state index is 12.2. The standard InChI is InChI=1S/C17H18N2O2/c20-11-12-5-1-3-7-15(12)19-17(21)9-13-10-18-16-8-4-2-6-14(13)16/h1-8,13,18,20H,9-11H2,(H,19,21). The number of carbonyl (C=O) groups is 1. The summed E-state index contributed by atoms with van der Waals surface area (Å²) in [5, 5.41) is 15.5. The van der Waals surface area contributed by atoms with E-state index >= 15 is 0 Å². The first-order valence-electron chi connectivity index (χ1n) is 7.09. The van der Waals surface area contributed by atoms with Crippen molar-refractivity contribution in [3.63, 3.8) is 0 Å². The van der Waals surface area contributed by atoms with Crippen molar-refractivity contribution in [1.82, 2.24) is 0 Å². The smallest absolute Gasteiger partial charge is 0.225 e. The van der Waals surface area contributed by atoms with Gasteiger partial charge in [0.15, 0.2) is 0 Å². The summed E-state index contributed by atoms with van der Waals surface area (Å²) >= 11 is 0. The number of para-hydroxylation sites is 2. The lowest BCUT2D eigenvalue weighted by Gasteiger charge is -2.12. The van der Waals surface area contributed by atoms with Crippen LogP contribution in [0.3, 0.4) is 0 Å². The Kier molecular flexibility index (Phi) is 3.88. The van der Waals surface area contributed by atoms with Gasteiger partial charge in [0.05, 0.1) is 6.61 Å². The molecule has 0 saturated carbocycles. The van der Waals surface area contributed by atoms with Gasteiger partial charge in [0.25, 0.3) is 0 Å². The summed E-state index contributed by atoms with van der Waals surface area (Å²) in [6.45, 7) is 0.707. The summed E-state index contributed by atoms with van der Waals surface area (Å²) in [6, 6.07) is 15.4. The van der Waals surface area contributed by atoms with Gasteiger partial charge in [-0.15, -0.1) is 0 Å². The molecule has 3 rings (SSSR count). The number of aliphatic hydroxyl groups is 1. The number of hydrogen-bond donors (Lipinski definition) is 3. The lowest BCUT2D eigenvalue weighted by molar-refractivity contribution is -0.116. The van der Waals surface area contributed by atoms with E-state index in [0.717, 1.165) is 17.8 Å². The Morgan fingerprint density at radius 2 is 1.95 bits per heavy atom. The number of rotatable bonds is 4. The molecule has 108 valence electrons. The highest BCUT2D eigenvalue weighted by Crippen LogP contribution is 2.33. The molecule has 0 spiro atoms. The Morgan fingerprint density at radius 3 is 2.81 bits per heavy atom. The van der Waals surface area contributed by atoms with E-state index in [1.165, 1.54) is 5.56 Å². The fourth-order valence-electron chi connectivity index (χ4n) is 2.74. The molecule has 1 amide bonds. The lowest BCUT2D eigenvalue weighted by atomic mass is 9.97. The number of benzene rings is 2. The minimum absolute atomic E-state index is 0.0283. The van der Waals surface area contributed by atoms with Crippen LogP contribution < -0.4 is 10.6 Å². The van der Waals surface area contributed by atoms with Crippen LogP contribution in [-0.2, 0) is 11.4 Å². The van der Waals surface area contributed by atoms with Crippen molar-refractivity contribution in [2.45, 2.75) is 18.9 Å². The topological polar surface area (TPSA) is 61.4 Å². The zero-order chi connectivity index (χ0) is 14.7. The third-order valence-electron chi connectivity index (χ3n) is 3.83. The first-order valence-corrected chi connectivity index (χ1v) is 7.09. The first kappa shape index (κ1) is 13.6. The van der Waals surface area contributed by atoms with E-state index in [-0.39, 0.29) is 18.4 Å². The van der Waals surface area contributed by atoms with Crippen molar-refractivity contribution in [1.29, 1.82) is 0 Å². The molecule has 0 saturated heterocycles. The van der Waals surface area contributed by atoms with Gasteiger partial charge in [-0.3, -0.25) is 4.79 Å². The number of hydrogen-bond acceptors (Lipinski definition) is 3. The number of aliphatic hydroxyl groups excluding tert-OH is 1. The molecule has 0 fully saturated rings. The van der Waals surface area contributed by atoms with Crippen LogP contribution >= 0.6 is 0 Å². The zero-order valence-corrected chi connectivity index (χ0v) is 11.7. The number of fused-ring (bicyclic) bond motifs is 1. The molecular weight excluding hydrogens is 264 g/mol. The van der Waals surface area contributed by atoms with Crippen LogP contribution in [0.25, 0.3) is 0 Å². The molecular formula is C17H18N2O2. The lowest BCUT2D eigenvalue weighted by Crippen LogP contribution is -2.17. The second-order valence-corrected chi connectivity index (χ2v) is 5.23. The Labute approximate surface area is 123 Å². The van der Waals surface area contributed by atoms with E-state index in [4.69, 9.17) is 0 Å². The van der Waals surface area contributed by atoms with Crippen LogP contribution in [0.4, 0.5) is 11.4 Å². The fourth-order valence-corrected chi connectivity index (χ4v) is 2.74. The largest absolute Gasteiger partial charge is 0.392 e. The van der Waals surface area contributed by atoms with Crippen molar-refractivity contribution in [3.05, 3.63) is 59.7 Å². The summed E-state index contributed by atoms with van der Waals surface area (Å²) in [6.07, 6.45) is 0.434. The van der Waals surface area contributed by atoms with Crippen molar-refractivity contribution < 1.29 is 9.90 Å². The van der Waals surface area contributed by atoms with Crippen LogP contribution in [0.5, 0.6) is 0 Å². The number of anilines is 2. The quantitative estimate of drug-likeness (QED) is 0.808. The van der Waals surface area contributed by atoms with E-state index < -0.39 is 0 Å². The molecule has 2 aromatic rings. The molecule has 0 bridgehead atoms. The minimum Gasteiger partial charge on any atom is -0.392 e. The van der Waals surface area contributed by atoms with Crippen molar-refractivity contribution in [3.8, 4) is 0 Å². The van der Waals surface area contributed by atoms with Crippen molar-refractivity contribution >= 4 is 17.3 Å². The Balaban J connectivity index is 1.68. The molecule has 3 N–H and O–H groups in total. The van der Waals surface area contributed by atoms with Gasteiger partial charge in [-0.2, -0.15) is 0 Å². The van der Waals surface area contributed by atoms with Gasteiger partial charge in [0, 0.05) is 35.8 Å². The highest BCUT2D eigenvalue weighted by molar-refractivity contribution is 5.92. The summed E-state index contributed by atoms with van der Waals surface area (Å²) in [7, 11) is 0. The normalized spacial score (nSPS) is 16.1. The number of amides is 1. The van der Waals surface area contributed by atoms with E-state index in [2.05, 4.69) is 16.7 Å². The Hall–Kier alpha value is -2.33. The third kappa shape index (κ3) is 2.90. The molecule has 0 radical (unpaired) electrons. The highest BCUT2D eigenvalue weighted by atomic mass is 16.3. The molecule has 21 heavy (non-hydrogen) atoms. The SMILES string of the molecule is O=C(CC1CNc2ccccc21)Nc1ccccc1CO. The van der Waals surface area contributed by atoms with Gasteiger partial charge in [0.2, 0.25) is 5.91 Å². The average molecular weight is 282 g/mol. The molecule has 1 aliphatic heterocycles. The highest BCUT2D eigenvalue weighted by Gasteiger charge is 2.24. The Bertz CT molecular complexity index is 655. The fraction of sp³-hybridized carbons (Fsp3) is 0.235. The van der Waals surface area contributed by atoms with E-state index in [1.54, 1.807) is 0 Å². The molecule has 4 nitrogen and oxygen atoms in total. The summed E-state index contributed by atoms with van der Waals surface area (Å²) in [5.74, 6) is 0.168. The van der Waals surface area contributed by atoms with E-state index in [0.29, 0.717) is 12.1 Å². The van der Waals surface area contributed by atoms with Crippen LogP contribution in [-0.4, -0.2) is 17.6 Å². The number of carbonyl (C=O) groups excluding carboxylic acids is 1. The zero-order valence-electron chi connectivity index (χ0n) is 11.7. The molecule has 0 aromatic heterocycles. The second kappa shape index (κ2) is 5.97. The van der Waals surface area contributed by atoms with Gasteiger partial charge in [-0.1, -0.05) is 36.4 Å².